The first-order valence-electron chi connectivity index (χ1n) is 8.70. The molecule has 0 bridgehead atoms. The molecule has 1 aromatic carbocycles. The van der Waals surface area contributed by atoms with Crippen molar-refractivity contribution < 1.29 is 0 Å². The van der Waals surface area contributed by atoms with Gasteiger partial charge >= 0.3 is 0 Å². The van der Waals surface area contributed by atoms with Gasteiger partial charge in [0.25, 0.3) is 0 Å². The molecule has 0 N–H and O–H groups in total. The fraction of sp³-hybridized carbons (Fsp3) is 0.700. The van der Waals surface area contributed by atoms with Crippen LogP contribution in [0.2, 0.25) is 0 Å². The molecule has 0 aliphatic heterocycles. The average Bonchev–Trinajstić information content (AvgIpc) is 2.44. The Morgan fingerprint density at radius 2 is 1.35 bits per heavy atom. The van der Waals surface area contributed by atoms with Crippen molar-refractivity contribution in [2.24, 2.45) is 5.92 Å². The van der Waals surface area contributed by atoms with Gasteiger partial charge < -0.3 is 0 Å². The van der Waals surface area contributed by atoms with Crippen molar-refractivity contribution in [1.82, 2.24) is 0 Å². The topological polar surface area (TPSA) is 0 Å². The van der Waals surface area contributed by atoms with E-state index in [4.69, 9.17) is 0 Å². The Bertz CT molecular complexity index is 336. The van der Waals surface area contributed by atoms with Gasteiger partial charge in [0.05, 0.1) is 0 Å². The summed E-state index contributed by atoms with van der Waals surface area (Å²) in [6.45, 7) is 9.25. The van der Waals surface area contributed by atoms with Crippen LogP contribution in [0, 0.1) is 12.8 Å². The largest absolute Gasteiger partial charge is 0.0654 e. The molecule has 0 nitrogen and oxygen atoms in total. The Balaban J connectivity index is 2.12. The Labute approximate surface area is 127 Å². The molecule has 0 amide bonds. The lowest BCUT2D eigenvalue weighted by Crippen LogP contribution is -1.97. The van der Waals surface area contributed by atoms with Gasteiger partial charge in [-0.25, -0.2) is 0 Å². The third-order valence-electron chi connectivity index (χ3n) is 4.53. The van der Waals surface area contributed by atoms with Crippen LogP contribution in [0.3, 0.4) is 0 Å². The smallest absolute Gasteiger partial charge is 0.0190 e. The van der Waals surface area contributed by atoms with Crippen molar-refractivity contribution in [3.8, 4) is 0 Å². The van der Waals surface area contributed by atoms with Crippen LogP contribution < -0.4 is 0 Å². The Morgan fingerprint density at radius 1 is 0.800 bits per heavy atom. The molecule has 0 heteroatoms. The summed E-state index contributed by atoms with van der Waals surface area (Å²) in [6.07, 6.45) is 11.2. The Hall–Kier alpha value is -0.780. The van der Waals surface area contributed by atoms with E-state index in [-0.39, 0.29) is 0 Å². The molecule has 0 aliphatic carbocycles. The highest BCUT2D eigenvalue weighted by Crippen LogP contribution is 2.23. The normalized spacial score (nSPS) is 14.2. The summed E-state index contributed by atoms with van der Waals surface area (Å²) in [4.78, 5) is 0. The second-order valence-electron chi connectivity index (χ2n) is 6.70. The van der Waals surface area contributed by atoms with Crippen molar-refractivity contribution in [3.05, 3.63) is 35.4 Å². The lowest BCUT2D eigenvalue weighted by molar-refractivity contribution is 0.435. The number of aryl methyl sites for hydroxylation is 1. The zero-order chi connectivity index (χ0) is 14.8. The summed E-state index contributed by atoms with van der Waals surface area (Å²) >= 11 is 0. The molecule has 1 unspecified atom stereocenters. The maximum Gasteiger partial charge on any atom is -0.0190 e. The molecule has 20 heavy (non-hydrogen) atoms. The Kier molecular flexibility index (Phi) is 8.65. The van der Waals surface area contributed by atoms with Gasteiger partial charge in [-0.3, -0.25) is 0 Å². The highest BCUT2D eigenvalue weighted by Gasteiger charge is 2.06. The van der Waals surface area contributed by atoms with E-state index in [1.54, 1.807) is 0 Å². The molecule has 2 atom stereocenters. The van der Waals surface area contributed by atoms with E-state index in [1.165, 1.54) is 62.5 Å². The minimum absolute atomic E-state index is 0.714. The minimum Gasteiger partial charge on any atom is -0.0654 e. The van der Waals surface area contributed by atoms with E-state index in [9.17, 15) is 0 Å². The van der Waals surface area contributed by atoms with Gasteiger partial charge in [0, 0.05) is 0 Å². The zero-order valence-electron chi connectivity index (χ0n) is 14.1. The van der Waals surface area contributed by atoms with Gasteiger partial charge in [-0.15, -0.1) is 0 Å². The van der Waals surface area contributed by atoms with E-state index in [2.05, 4.69) is 52.0 Å². The van der Waals surface area contributed by atoms with Gasteiger partial charge in [-0.2, -0.15) is 0 Å². The van der Waals surface area contributed by atoms with Gasteiger partial charge in [-0.1, -0.05) is 95.5 Å². The van der Waals surface area contributed by atoms with Crippen molar-refractivity contribution in [3.63, 3.8) is 0 Å². The number of unbranched alkanes of at least 4 members (excludes halogenated alkanes) is 3. The van der Waals surface area contributed by atoms with Crippen LogP contribution in [0.4, 0.5) is 0 Å². The molecule has 114 valence electrons. The van der Waals surface area contributed by atoms with Crippen LogP contribution in [0.25, 0.3) is 0 Å². The molecule has 0 aliphatic rings. The highest BCUT2D eigenvalue weighted by atomic mass is 14.1. The molecule has 1 aromatic rings. The molecule has 0 saturated carbocycles. The standard InChI is InChI=1S/C20H34/c1-5-6-7-10-17(2)11-8-9-12-19(4)20-15-13-18(3)14-16-20/h13-17,19H,5-12H2,1-4H3/t17-,19?/m0/s1. The maximum atomic E-state index is 2.43. The van der Waals surface area contributed by atoms with Crippen LogP contribution in [0.15, 0.2) is 24.3 Å². The first-order valence-corrected chi connectivity index (χ1v) is 8.70. The maximum absolute atomic E-state index is 2.43. The molecule has 0 fully saturated rings. The second kappa shape index (κ2) is 10.0. The van der Waals surface area contributed by atoms with Crippen LogP contribution >= 0.6 is 0 Å². The molecule has 0 aromatic heterocycles. The zero-order valence-corrected chi connectivity index (χ0v) is 14.1. The molecular weight excluding hydrogens is 240 g/mol. The first-order chi connectivity index (χ1) is 9.63. The number of hydrogen-bond acceptors (Lipinski definition) is 0. The molecule has 0 heterocycles. The average molecular weight is 274 g/mol. The van der Waals surface area contributed by atoms with E-state index >= 15 is 0 Å². The number of benzene rings is 1. The summed E-state index contributed by atoms with van der Waals surface area (Å²) in [5.41, 5.74) is 2.87. The highest BCUT2D eigenvalue weighted by molar-refractivity contribution is 5.23. The van der Waals surface area contributed by atoms with Crippen molar-refractivity contribution >= 4 is 0 Å². The third kappa shape index (κ3) is 7.12. The SMILES string of the molecule is CCCCC[C@H](C)CCCCC(C)c1ccc(C)cc1. The van der Waals surface area contributed by atoms with E-state index < -0.39 is 0 Å². The number of rotatable bonds is 10. The minimum atomic E-state index is 0.714. The van der Waals surface area contributed by atoms with Gasteiger partial charge in [0.2, 0.25) is 0 Å². The lowest BCUT2D eigenvalue weighted by atomic mass is 9.92. The predicted octanol–water partition coefficient (Wildman–Crippen LogP) is 6.88. The van der Waals surface area contributed by atoms with E-state index in [0.29, 0.717) is 5.92 Å². The number of hydrogen-bond donors (Lipinski definition) is 0. The van der Waals surface area contributed by atoms with Gasteiger partial charge in [0.15, 0.2) is 0 Å². The van der Waals surface area contributed by atoms with Crippen molar-refractivity contribution in [2.45, 2.75) is 85.0 Å². The first kappa shape index (κ1) is 17.3. The summed E-state index contributed by atoms with van der Waals surface area (Å²) in [5, 5.41) is 0. The molecule has 0 saturated heterocycles. The monoisotopic (exact) mass is 274 g/mol. The van der Waals surface area contributed by atoms with Gasteiger partial charge in [0.1, 0.15) is 0 Å². The second-order valence-corrected chi connectivity index (χ2v) is 6.70. The van der Waals surface area contributed by atoms with Crippen LogP contribution in [-0.4, -0.2) is 0 Å². The van der Waals surface area contributed by atoms with Crippen LogP contribution in [0.1, 0.15) is 89.2 Å². The molecule has 0 spiro atoms. The molecular formula is C20H34. The fourth-order valence-corrected chi connectivity index (χ4v) is 2.89. The van der Waals surface area contributed by atoms with E-state index in [1.807, 2.05) is 0 Å². The predicted molar refractivity (Wildman–Crippen MR) is 91.4 cm³/mol. The van der Waals surface area contributed by atoms with Crippen LogP contribution in [-0.2, 0) is 0 Å². The summed E-state index contributed by atoms with van der Waals surface area (Å²) < 4.78 is 0. The van der Waals surface area contributed by atoms with Crippen LogP contribution in [0.5, 0.6) is 0 Å². The molecule has 1 rings (SSSR count). The lowest BCUT2D eigenvalue weighted by Gasteiger charge is -2.14. The summed E-state index contributed by atoms with van der Waals surface area (Å²) in [5.74, 6) is 1.64. The van der Waals surface area contributed by atoms with Crippen molar-refractivity contribution in [2.75, 3.05) is 0 Å². The van der Waals surface area contributed by atoms with Crippen molar-refractivity contribution in [1.29, 1.82) is 0 Å². The quantitative estimate of drug-likeness (QED) is 0.408. The Morgan fingerprint density at radius 3 is 1.95 bits per heavy atom. The van der Waals surface area contributed by atoms with Gasteiger partial charge in [-0.05, 0) is 30.7 Å². The summed E-state index contributed by atoms with van der Waals surface area (Å²) in [7, 11) is 0. The summed E-state index contributed by atoms with van der Waals surface area (Å²) in [6, 6.07) is 9.07. The fourth-order valence-electron chi connectivity index (χ4n) is 2.89. The van der Waals surface area contributed by atoms with E-state index in [0.717, 1.165) is 5.92 Å². The molecule has 0 radical (unpaired) electrons. The third-order valence-corrected chi connectivity index (χ3v) is 4.53.